The van der Waals surface area contributed by atoms with E-state index in [0.29, 0.717) is 12.5 Å². The Morgan fingerprint density at radius 1 is 1.42 bits per heavy atom. The van der Waals surface area contributed by atoms with Gasteiger partial charge in [-0.05, 0) is 39.2 Å². The fourth-order valence-corrected chi connectivity index (χ4v) is 3.32. The first-order chi connectivity index (χ1) is 8.94. The predicted octanol–water partition coefficient (Wildman–Crippen LogP) is 1.11. The van der Waals surface area contributed by atoms with Crippen LogP contribution in [0.1, 0.15) is 40.0 Å². The minimum Gasteiger partial charge on any atom is -0.378 e. The van der Waals surface area contributed by atoms with E-state index in [1.807, 2.05) is 13.8 Å². The summed E-state index contributed by atoms with van der Waals surface area (Å²) in [4.78, 5) is 0. The molecular weight excluding hydrogens is 264 g/mol. The summed E-state index contributed by atoms with van der Waals surface area (Å²) in [6.45, 7) is 7.69. The highest BCUT2D eigenvalue weighted by molar-refractivity contribution is 7.89. The van der Waals surface area contributed by atoms with Gasteiger partial charge in [-0.15, -0.1) is 0 Å². The quantitative estimate of drug-likeness (QED) is 0.703. The van der Waals surface area contributed by atoms with Crippen molar-refractivity contribution >= 4 is 10.0 Å². The van der Waals surface area contributed by atoms with Crippen LogP contribution in [0.3, 0.4) is 0 Å². The van der Waals surface area contributed by atoms with Crippen LogP contribution in [0.5, 0.6) is 0 Å². The highest BCUT2D eigenvalue weighted by Crippen LogP contribution is 2.19. The molecular formula is C13H28N2O3S. The lowest BCUT2D eigenvalue weighted by Crippen LogP contribution is -2.49. The van der Waals surface area contributed by atoms with Crippen LogP contribution in [0.15, 0.2) is 0 Å². The fourth-order valence-electron chi connectivity index (χ4n) is 2.43. The molecule has 1 rings (SSSR count). The van der Waals surface area contributed by atoms with Crippen LogP contribution in [0, 0.1) is 5.92 Å². The topological polar surface area (TPSA) is 67.4 Å². The van der Waals surface area contributed by atoms with Gasteiger partial charge in [-0.1, -0.05) is 13.3 Å². The SMILES string of the molecule is CCC1CCCNC1CNS(=O)(=O)CCOC(C)C. The Morgan fingerprint density at radius 2 is 2.16 bits per heavy atom. The Bertz CT molecular complexity index is 344. The largest absolute Gasteiger partial charge is 0.378 e. The van der Waals surface area contributed by atoms with Gasteiger partial charge in [-0.25, -0.2) is 13.1 Å². The average Bonchev–Trinajstić information content (AvgIpc) is 2.36. The predicted molar refractivity (Wildman–Crippen MR) is 77.7 cm³/mol. The normalized spacial score (nSPS) is 24.8. The molecule has 0 bridgehead atoms. The van der Waals surface area contributed by atoms with Crippen molar-refractivity contribution in [2.24, 2.45) is 5.92 Å². The molecule has 19 heavy (non-hydrogen) atoms. The third kappa shape index (κ3) is 6.70. The van der Waals surface area contributed by atoms with Gasteiger partial charge in [0, 0.05) is 12.6 Å². The van der Waals surface area contributed by atoms with E-state index in [-0.39, 0.29) is 24.5 Å². The minimum atomic E-state index is -3.22. The van der Waals surface area contributed by atoms with Crippen LogP contribution >= 0.6 is 0 Å². The first kappa shape index (κ1) is 16.9. The molecule has 0 spiro atoms. The van der Waals surface area contributed by atoms with Gasteiger partial charge in [0.25, 0.3) is 0 Å². The highest BCUT2D eigenvalue weighted by atomic mass is 32.2. The molecule has 114 valence electrons. The van der Waals surface area contributed by atoms with Gasteiger partial charge in [0.15, 0.2) is 0 Å². The summed E-state index contributed by atoms with van der Waals surface area (Å²) < 4.78 is 31.6. The second-order valence-electron chi connectivity index (χ2n) is 5.46. The minimum absolute atomic E-state index is 0.0364. The first-order valence-corrected chi connectivity index (χ1v) is 8.92. The van der Waals surface area contributed by atoms with Gasteiger partial charge in [0.2, 0.25) is 10.0 Å². The zero-order valence-electron chi connectivity index (χ0n) is 12.3. The standard InChI is InChI=1S/C13H28N2O3S/c1-4-12-6-5-7-14-13(12)10-15-19(16,17)9-8-18-11(2)3/h11-15H,4-10H2,1-3H3. The second kappa shape index (κ2) is 8.19. The maximum absolute atomic E-state index is 11.8. The zero-order chi connectivity index (χ0) is 14.3. The number of ether oxygens (including phenoxy) is 1. The molecule has 1 aliphatic rings. The Kier molecular flexibility index (Phi) is 7.28. The Morgan fingerprint density at radius 3 is 2.79 bits per heavy atom. The van der Waals surface area contributed by atoms with Gasteiger partial charge < -0.3 is 10.1 Å². The summed E-state index contributed by atoms with van der Waals surface area (Å²) in [6.07, 6.45) is 3.53. The lowest BCUT2D eigenvalue weighted by Gasteiger charge is -2.32. The fraction of sp³-hybridized carbons (Fsp3) is 1.00. The molecule has 5 nitrogen and oxygen atoms in total. The zero-order valence-corrected chi connectivity index (χ0v) is 13.1. The monoisotopic (exact) mass is 292 g/mol. The molecule has 0 aromatic rings. The molecule has 2 atom stereocenters. The summed E-state index contributed by atoms with van der Waals surface area (Å²) in [7, 11) is -3.22. The lowest BCUT2D eigenvalue weighted by atomic mass is 9.89. The number of rotatable bonds is 8. The smallest absolute Gasteiger partial charge is 0.213 e. The Balaban J connectivity index is 2.32. The van der Waals surface area contributed by atoms with Crippen LogP contribution in [-0.4, -0.2) is 46.0 Å². The van der Waals surface area contributed by atoms with Gasteiger partial charge in [-0.3, -0.25) is 0 Å². The van der Waals surface area contributed by atoms with E-state index in [1.165, 1.54) is 12.8 Å². The maximum Gasteiger partial charge on any atom is 0.213 e. The van der Waals surface area contributed by atoms with E-state index in [9.17, 15) is 8.42 Å². The maximum atomic E-state index is 11.8. The molecule has 0 aliphatic carbocycles. The van der Waals surface area contributed by atoms with E-state index < -0.39 is 10.0 Å². The van der Waals surface area contributed by atoms with E-state index in [0.717, 1.165) is 13.0 Å². The summed E-state index contributed by atoms with van der Waals surface area (Å²) in [5.74, 6) is 0.609. The third-order valence-corrected chi connectivity index (χ3v) is 4.89. The summed E-state index contributed by atoms with van der Waals surface area (Å²) in [6, 6.07) is 0.263. The lowest BCUT2D eigenvalue weighted by molar-refractivity contribution is 0.0911. The van der Waals surface area contributed by atoms with Crippen molar-refractivity contribution < 1.29 is 13.2 Å². The number of nitrogens with one attached hydrogen (secondary N) is 2. The van der Waals surface area contributed by atoms with Crippen molar-refractivity contribution in [3.05, 3.63) is 0 Å². The highest BCUT2D eigenvalue weighted by Gasteiger charge is 2.24. The molecule has 0 aromatic heterocycles. The van der Waals surface area contributed by atoms with E-state index >= 15 is 0 Å². The van der Waals surface area contributed by atoms with Crippen LogP contribution in [0.2, 0.25) is 0 Å². The number of hydrogen-bond acceptors (Lipinski definition) is 4. The molecule has 1 aliphatic heterocycles. The van der Waals surface area contributed by atoms with E-state index in [2.05, 4.69) is 17.0 Å². The van der Waals surface area contributed by atoms with Crippen molar-refractivity contribution in [3.8, 4) is 0 Å². The molecule has 6 heteroatoms. The van der Waals surface area contributed by atoms with Crippen molar-refractivity contribution in [2.45, 2.75) is 52.2 Å². The van der Waals surface area contributed by atoms with Gasteiger partial charge in [0.05, 0.1) is 18.5 Å². The molecule has 1 saturated heterocycles. The van der Waals surface area contributed by atoms with E-state index in [1.54, 1.807) is 0 Å². The molecule has 0 amide bonds. The van der Waals surface area contributed by atoms with Crippen LogP contribution in [0.4, 0.5) is 0 Å². The van der Waals surface area contributed by atoms with Crippen LogP contribution < -0.4 is 10.0 Å². The third-order valence-electron chi connectivity index (χ3n) is 3.58. The Hall–Kier alpha value is -0.170. The first-order valence-electron chi connectivity index (χ1n) is 7.27. The number of sulfonamides is 1. The van der Waals surface area contributed by atoms with Gasteiger partial charge in [0.1, 0.15) is 0 Å². The molecule has 0 radical (unpaired) electrons. The second-order valence-corrected chi connectivity index (χ2v) is 7.38. The molecule has 1 heterocycles. The van der Waals surface area contributed by atoms with Gasteiger partial charge in [-0.2, -0.15) is 0 Å². The van der Waals surface area contributed by atoms with Crippen molar-refractivity contribution in [3.63, 3.8) is 0 Å². The number of piperidine rings is 1. The molecule has 0 aromatic carbocycles. The molecule has 2 unspecified atom stereocenters. The van der Waals surface area contributed by atoms with Crippen LogP contribution in [-0.2, 0) is 14.8 Å². The van der Waals surface area contributed by atoms with Crippen molar-refractivity contribution in [1.29, 1.82) is 0 Å². The molecule has 1 fully saturated rings. The average molecular weight is 292 g/mol. The van der Waals surface area contributed by atoms with Gasteiger partial charge >= 0.3 is 0 Å². The molecule has 0 saturated carbocycles. The van der Waals surface area contributed by atoms with Crippen molar-refractivity contribution in [2.75, 3.05) is 25.4 Å². The summed E-state index contributed by atoms with van der Waals surface area (Å²) in [5, 5.41) is 3.41. The number of hydrogen-bond donors (Lipinski definition) is 2. The van der Waals surface area contributed by atoms with Crippen molar-refractivity contribution in [1.82, 2.24) is 10.0 Å². The molecule has 2 N–H and O–H groups in total. The van der Waals surface area contributed by atoms with E-state index in [4.69, 9.17) is 4.74 Å². The van der Waals surface area contributed by atoms with Crippen LogP contribution in [0.25, 0.3) is 0 Å². The summed E-state index contributed by atoms with van der Waals surface area (Å²) >= 11 is 0. The summed E-state index contributed by atoms with van der Waals surface area (Å²) in [5.41, 5.74) is 0. The Labute approximate surface area is 117 Å².